The smallest absolute Gasteiger partial charge is 0.393 e. The van der Waals surface area contributed by atoms with Crippen molar-refractivity contribution in [2.45, 2.75) is 37.6 Å². The topological polar surface area (TPSA) is 56.5 Å². The van der Waals surface area contributed by atoms with Crippen molar-refractivity contribution in [3.05, 3.63) is 29.3 Å². The van der Waals surface area contributed by atoms with Crippen LogP contribution in [0, 0.1) is 17.2 Å². The van der Waals surface area contributed by atoms with Crippen molar-refractivity contribution >= 4 is 5.69 Å². The van der Waals surface area contributed by atoms with E-state index in [1.165, 1.54) is 6.07 Å². The maximum atomic E-state index is 12.9. The van der Waals surface area contributed by atoms with Crippen molar-refractivity contribution in [2.24, 2.45) is 5.92 Å². The molecule has 0 saturated carbocycles. The van der Waals surface area contributed by atoms with E-state index in [4.69, 9.17) is 4.74 Å². The van der Waals surface area contributed by atoms with Crippen LogP contribution in [-0.2, 0) is 10.9 Å². The third-order valence-corrected chi connectivity index (χ3v) is 4.91. The third-order valence-electron chi connectivity index (χ3n) is 4.91. The normalized spacial score (nSPS) is 28.0. The van der Waals surface area contributed by atoms with E-state index in [1.54, 1.807) is 0 Å². The Balaban J connectivity index is 1.91. The van der Waals surface area contributed by atoms with E-state index in [0.29, 0.717) is 31.9 Å². The lowest BCUT2D eigenvalue weighted by molar-refractivity contribution is -0.137. The zero-order valence-corrected chi connectivity index (χ0v) is 13.1. The molecule has 1 N–H and O–H groups in total. The first-order chi connectivity index (χ1) is 11.4. The molecule has 0 aliphatic carbocycles. The third kappa shape index (κ3) is 3.21. The number of aliphatic hydroxyl groups is 1. The van der Waals surface area contributed by atoms with Gasteiger partial charge >= 0.3 is 6.18 Å². The zero-order valence-electron chi connectivity index (χ0n) is 13.1. The fraction of sp³-hybridized carbons (Fsp3) is 0.588. The molecule has 0 radical (unpaired) electrons. The number of alkyl halides is 3. The van der Waals surface area contributed by atoms with Crippen molar-refractivity contribution < 1.29 is 23.0 Å². The Morgan fingerprint density at radius 3 is 2.75 bits per heavy atom. The second kappa shape index (κ2) is 6.61. The number of rotatable bonds is 2. The Morgan fingerprint density at radius 2 is 2.08 bits per heavy atom. The Kier molecular flexibility index (Phi) is 4.70. The number of ether oxygens (including phenoxy) is 1. The van der Waals surface area contributed by atoms with Gasteiger partial charge in [-0.15, -0.1) is 0 Å². The van der Waals surface area contributed by atoms with Crippen LogP contribution in [0.4, 0.5) is 18.9 Å². The quantitative estimate of drug-likeness (QED) is 0.899. The molecule has 0 spiro atoms. The number of aliphatic hydroxyl groups excluding tert-OH is 1. The highest BCUT2D eigenvalue weighted by Crippen LogP contribution is 2.37. The minimum Gasteiger partial charge on any atom is -0.393 e. The predicted octanol–water partition coefficient (Wildman–Crippen LogP) is 2.94. The molecule has 2 heterocycles. The van der Waals surface area contributed by atoms with E-state index in [-0.39, 0.29) is 17.5 Å². The fourth-order valence-corrected chi connectivity index (χ4v) is 3.71. The van der Waals surface area contributed by atoms with Crippen molar-refractivity contribution in [1.29, 1.82) is 5.26 Å². The average molecular weight is 340 g/mol. The van der Waals surface area contributed by atoms with E-state index in [9.17, 15) is 23.5 Å². The predicted molar refractivity (Wildman–Crippen MR) is 81.5 cm³/mol. The Morgan fingerprint density at radius 1 is 1.29 bits per heavy atom. The molecular formula is C17H19F3N2O2. The van der Waals surface area contributed by atoms with Gasteiger partial charge in [0.25, 0.3) is 0 Å². The largest absolute Gasteiger partial charge is 0.416 e. The zero-order chi connectivity index (χ0) is 17.3. The second-order valence-electron chi connectivity index (χ2n) is 6.34. The molecular weight excluding hydrogens is 321 g/mol. The minimum absolute atomic E-state index is 0.0166. The summed E-state index contributed by atoms with van der Waals surface area (Å²) in [5.74, 6) is -0.0879. The molecule has 3 rings (SSSR count). The molecule has 2 aliphatic heterocycles. The number of nitriles is 1. The summed E-state index contributed by atoms with van der Waals surface area (Å²) in [6.07, 6.45) is -2.68. The molecule has 24 heavy (non-hydrogen) atoms. The molecule has 4 nitrogen and oxygen atoms in total. The van der Waals surface area contributed by atoms with Gasteiger partial charge in [0, 0.05) is 25.1 Å². The van der Waals surface area contributed by atoms with Crippen molar-refractivity contribution in [3.63, 3.8) is 0 Å². The first kappa shape index (κ1) is 17.1. The van der Waals surface area contributed by atoms with Crippen molar-refractivity contribution in [3.8, 4) is 6.07 Å². The SMILES string of the molecule is N#Cc1cc(C(F)(F)F)ccc1N1CCC[C@@H]1[C@@H]1COCC[C@@H]1O. The van der Waals surface area contributed by atoms with Crippen molar-refractivity contribution in [1.82, 2.24) is 0 Å². The molecule has 7 heteroatoms. The summed E-state index contributed by atoms with van der Waals surface area (Å²) in [6.45, 7) is 1.62. The number of benzene rings is 1. The molecule has 2 fully saturated rings. The standard InChI is InChI=1S/C17H19F3N2O2/c18-17(19,20)12-3-4-14(11(8-12)9-21)22-6-1-2-15(22)13-10-24-7-5-16(13)23/h3-4,8,13,15-16,23H,1-2,5-7,10H2/t13-,15+,16-/m0/s1. The lowest BCUT2D eigenvalue weighted by Gasteiger charge is -2.38. The second-order valence-corrected chi connectivity index (χ2v) is 6.34. The van der Waals surface area contributed by atoms with Gasteiger partial charge in [-0.3, -0.25) is 0 Å². The van der Waals surface area contributed by atoms with E-state index in [2.05, 4.69) is 0 Å². The highest BCUT2D eigenvalue weighted by molar-refractivity contribution is 5.62. The lowest BCUT2D eigenvalue weighted by atomic mass is 9.89. The molecule has 0 aromatic heterocycles. The van der Waals surface area contributed by atoms with Crippen LogP contribution in [-0.4, -0.2) is 37.0 Å². The first-order valence-electron chi connectivity index (χ1n) is 8.05. The summed E-state index contributed by atoms with van der Waals surface area (Å²) >= 11 is 0. The van der Waals surface area contributed by atoms with Crippen LogP contribution < -0.4 is 4.90 Å². The van der Waals surface area contributed by atoms with E-state index in [1.807, 2.05) is 11.0 Å². The summed E-state index contributed by atoms with van der Waals surface area (Å²) in [5, 5.41) is 19.6. The molecule has 0 bridgehead atoms. The molecule has 130 valence electrons. The van der Waals surface area contributed by atoms with Crippen LogP contribution in [0.2, 0.25) is 0 Å². The number of nitrogens with zero attached hydrogens (tertiary/aromatic N) is 2. The Bertz CT molecular complexity index is 642. The van der Waals surface area contributed by atoms with E-state index >= 15 is 0 Å². The molecule has 1 aromatic rings. The van der Waals surface area contributed by atoms with Crippen LogP contribution in [0.5, 0.6) is 0 Å². The Labute approximate surface area is 138 Å². The summed E-state index contributed by atoms with van der Waals surface area (Å²) < 4.78 is 44.0. The summed E-state index contributed by atoms with van der Waals surface area (Å²) in [5.41, 5.74) is -0.298. The van der Waals surface area contributed by atoms with Gasteiger partial charge in [-0.05, 0) is 37.5 Å². The van der Waals surface area contributed by atoms with Gasteiger partial charge in [0.15, 0.2) is 0 Å². The summed E-state index contributed by atoms with van der Waals surface area (Å²) in [7, 11) is 0. The van der Waals surface area contributed by atoms with Crippen LogP contribution in [0.3, 0.4) is 0 Å². The molecule has 2 saturated heterocycles. The van der Waals surface area contributed by atoms with Crippen LogP contribution in [0.1, 0.15) is 30.4 Å². The summed E-state index contributed by atoms with van der Waals surface area (Å²) in [6, 6.07) is 5.15. The average Bonchev–Trinajstić information content (AvgIpc) is 3.03. The Hall–Kier alpha value is -1.78. The fourth-order valence-electron chi connectivity index (χ4n) is 3.71. The monoisotopic (exact) mass is 340 g/mol. The van der Waals surface area contributed by atoms with Crippen LogP contribution >= 0.6 is 0 Å². The molecule has 1 aromatic carbocycles. The highest BCUT2D eigenvalue weighted by Gasteiger charge is 2.39. The van der Waals surface area contributed by atoms with Gasteiger partial charge in [-0.1, -0.05) is 0 Å². The van der Waals surface area contributed by atoms with Gasteiger partial charge in [0.05, 0.1) is 29.5 Å². The van der Waals surface area contributed by atoms with Gasteiger partial charge in [-0.25, -0.2) is 0 Å². The number of hydrogen-bond acceptors (Lipinski definition) is 4. The van der Waals surface area contributed by atoms with Crippen LogP contribution in [0.25, 0.3) is 0 Å². The molecule has 0 unspecified atom stereocenters. The molecule has 2 aliphatic rings. The van der Waals surface area contributed by atoms with Crippen LogP contribution in [0.15, 0.2) is 18.2 Å². The summed E-state index contributed by atoms with van der Waals surface area (Å²) in [4.78, 5) is 1.96. The van der Waals surface area contributed by atoms with E-state index < -0.39 is 17.8 Å². The molecule has 3 atom stereocenters. The lowest BCUT2D eigenvalue weighted by Crippen LogP contribution is -2.46. The first-order valence-corrected chi connectivity index (χ1v) is 8.05. The van der Waals surface area contributed by atoms with Gasteiger partial charge in [-0.2, -0.15) is 18.4 Å². The van der Waals surface area contributed by atoms with Gasteiger partial charge in [0.1, 0.15) is 6.07 Å². The maximum Gasteiger partial charge on any atom is 0.416 e. The number of hydrogen-bond donors (Lipinski definition) is 1. The van der Waals surface area contributed by atoms with Crippen molar-refractivity contribution in [2.75, 3.05) is 24.7 Å². The van der Waals surface area contributed by atoms with E-state index in [0.717, 1.165) is 25.0 Å². The van der Waals surface area contributed by atoms with Gasteiger partial charge < -0.3 is 14.7 Å². The number of halogens is 3. The number of anilines is 1. The highest BCUT2D eigenvalue weighted by atomic mass is 19.4. The molecule has 0 amide bonds. The minimum atomic E-state index is -4.47. The van der Waals surface area contributed by atoms with Gasteiger partial charge in [0.2, 0.25) is 0 Å². The maximum absolute atomic E-state index is 12.9.